The standard InChI is InChI=1S/C20H22Cl4N10O3/c21-17-25-11-13(27-17)29-19(23)31-15(11)33-1-5-35-6-2-34(4-8-37-10-9-36-7-3-33)16-12-14(28-18(22)26-12)30-20(24)32-16/h1-10H2,(H,25,27,29,31)(H,26,28,30,32). The van der Waals surface area contributed by atoms with E-state index < -0.39 is 0 Å². The van der Waals surface area contributed by atoms with Crippen LogP contribution in [0, 0.1) is 0 Å². The van der Waals surface area contributed by atoms with Crippen molar-refractivity contribution in [3.05, 3.63) is 21.1 Å². The van der Waals surface area contributed by atoms with Gasteiger partial charge in [0, 0.05) is 26.2 Å². The molecule has 5 heterocycles. The Kier molecular flexibility index (Phi) is 8.60. The third-order valence-corrected chi connectivity index (χ3v) is 6.24. The summed E-state index contributed by atoms with van der Waals surface area (Å²) in [6.07, 6.45) is 0. The lowest BCUT2D eigenvalue weighted by molar-refractivity contribution is 0.0530. The molecule has 0 radical (unpaired) electrons. The van der Waals surface area contributed by atoms with E-state index >= 15 is 0 Å². The average molecular weight is 592 g/mol. The molecule has 1 fully saturated rings. The number of anilines is 2. The Morgan fingerprint density at radius 3 is 1.30 bits per heavy atom. The number of hydrogen-bond donors (Lipinski definition) is 2. The number of rotatable bonds is 2. The molecule has 2 N–H and O–H groups in total. The van der Waals surface area contributed by atoms with Crippen molar-refractivity contribution in [2.45, 2.75) is 0 Å². The second-order valence-corrected chi connectivity index (χ2v) is 9.29. The normalized spacial score (nSPS) is 17.3. The maximum absolute atomic E-state index is 6.15. The van der Waals surface area contributed by atoms with Crippen LogP contribution in [0.15, 0.2) is 0 Å². The summed E-state index contributed by atoms with van der Waals surface area (Å²) in [7, 11) is 0. The number of nitrogens with one attached hydrogen (secondary N) is 2. The van der Waals surface area contributed by atoms with Gasteiger partial charge in [-0.3, -0.25) is 0 Å². The van der Waals surface area contributed by atoms with Crippen molar-refractivity contribution < 1.29 is 14.2 Å². The van der Waals surface area contributed by atoms with Crippen LogP contribution in [0.2, 0.25) is 21.1 Å². The van der Waals surface area contributed by atoms with E-state index in [1.54, 1.807) is 0 Å². The minimum atomic E-state index is 0.0705. The summed E-state index contributed by atoms with van der Waals surface area (Å²) in [4.78, 5) is 35.4. The van der Waals surface area contributed by atoms with Gasteiger partial charge in [-0.25, -0.2) is 0 Å². The number of ether oxygens (including phenoxy) is 3. The fourth-order valence-corrected chi connectivity index (χ4v) is 4.55. The Hall–Kier alpha value is -2.26. The van der Waals surface area contributed by atoms with Crippen LogP contribution >= 0.6 is 46.4 Å². The fourth-order valence-electron chi connectivity index (χ4n) is 3.88. The third-order valence-electron chi connectivity index (χ3n) is 5.54. The lowest BCUT2D eigenvalue weighted by Crippen LogP contribution is -2.34. The van der Waals surface area contributed by atoms with E-state index in [0.717, 1.165) is 0 Å². The molecule has 17 heteroatoms. The lowest BCUT2D eigenvalue weighted by atomic mass is 10.4. The SMILES string of the molecule is Clc1nc(N2CCOCCOCCN(c3nc(Cl)nc4nc(Cl)[nH]c34)CCOCC2)c2[nH]c(Cl)nc2n1. The van der Waals surface area contributed by atoms with Gasteiger partial charge in [0.05, 0.1) is 39.6 Å². The number of H-pyrrole nitrogens is 2. The maximum Gasteiger partial charge on any atom is 0.226 e. The highest BCUT2D eigenvalue weighted by molar-refractivity contribution is 6.30. The first-order chi connectivity index (χ1) is 18.0. The Bertz CT molecular complexity index is 1270. The molecule has 4 aromatic heterocycles. The molecule has 1 aliphatic rings. The first-order valence-corrected chi connectivity index (χ1v) is 12.9. The number of hydrogen-bond acceptors (Lipinski definition) is 11. The molecule has 0 atom stereocenters. The van der Waals surface area contributed by atoms with Crippen molar-refractivity contribution in [2.75, 3.05) is 75.6 Å². The summed E-state index contributed by atoms with van der Waals surface area (Å²) >= 11 is 24.4. The van der Waals surface area contributed by atoms with E-state index in [2.05, 4.69) is 39.9 Å². The zero-order valence-corrected chi connectivity index (χ0v) is 22.4. The molecule has 0 unspecified atom stereocenters. The van der Waals surface area contributed by atoms with Crippen molar-refractivity contribution in [2.24, 2.45) is 0 Å². The minimum absolute atomic E-state index is 0.0705. The zero-order chi connectivity index (χ0) is 25.8. The van der Waals surface area contributed by atoms with Crippen molar-refractivity contribution in [1.29, 1.82) is 0 Å². The van der Waals surface area contributed by atoms with Gasteiger partial charge in [0.2, 0.25) is 21.1 Å². The lowest BCUT2D eigenvalue weighted by Gasteiger charge is -2.25. The quantitative estimate of drug-likeness (QED) is 0.262. The van der Waals surface area contributed by atoms with E-state index in [9.17, 15) is 0 Å². The molecule has 0 spiro atoms. The van der Waals surface area contributed by atoms with Crippen molar-refractivity contribution in [3.8, 4) is 0 Å². The Labute approximate surface area is 230 Å². The summed E-state index contributed by atoms with van der Waals surface area (Å²) in [6.45, 7) is 4.66. The van der Waals surface area contributed by atoms with Gasteiger partial charge in [0.15, 0.2) is 22.9 Å². The molecule has 198 valence electrons. The molecule has 0 aliphatic carbocycles. The minimum Gasteiger partial charge on any atom is -0.378 e. The number of aromatic nitrogens is 8. The summed E-state index contributed by atoms with van der Waals surface area (Å²) in [6, 6.07) is 0. The van der Waals surface area contributed by atoms with Crippen molar-refractivity contribution in [3.63, 3.8) is 0 Å². The van der Waals surface area contributed by atoms with E-state index in [4.69, 9.17) is 60.6 Å². The van der Waals surface area contributed by atoms with Crippen LogP contribution in [0.3, 0.4) is 0 Å². The van der Waals surface area contributed by atoms with Crippen LogP contribution in [0.25, 0.3) is 22.3 Å². The van der Waals surface area contributed by atoms with Crippen LogP contribution in [0.4, 0.5) is 11.6 Å². The number of fused-ring (bicyclic) bond motifs is 2. The smallest absolute Gasteiger partial charge is 0.226 e. The van der Waals surface area contributed by atoms with Crippen molar-refractivity contribution in [1.82, 2.24) is 39.9 Å². The summed E-state index contributed by atoms with van der Waals surface area (Å²) in [5.41, 5.74) is 1.94. The first kappa shape index (κ1) is 26.4. The molecule has 5 rings (SSSR count). The van der Waals surface area contributed by atoms with E-state index in [0.29, 0.717) is 99.8 Å². The highest BCUT2D eigenvalue weighted by Crippen LogP contribution is 2.26. The molecule has 1 aliphatic heterocycles. The van der Waals surface area contributed by atoms with Crippen LogP contribution in [-0.2, 0) is 14.2 Å². The van der Waals surface area contributed by atoms with Gasteiger partial charge in [-0.15, -0.1) is 0 Å². The topological polar surface area (TPSA) is 143 Å². The highest BCUT2D eigenvalue weighted by atomic mass is 35.5. The molecular formula is C20H22Cl4N10O3. The Balaban J connectivity index is 1.33. The van der Waals surface area contributed by atoms with Crippen LogP contribution in [0.1, 0.15) is 0 Å². The van der Waals surface area contributed by atoms with Crippen LogP contribution in [0.5, 0.6) is 0 Å². The fraction of sp³-hybridized carbons (Fsp3) is 0.500. The molecule has 13 nitrogen and oxygen atoms in total. The number of nitrogens with zero attached hydrogens (tertiary/aromatic N) is 8. The molecule has 0 aromatic carbocycles. The second kappa shape index (κ2) is 12.1. The average Bonchev–Trinajstić information content (AvgIpc) is 3.41. The van der Waals surface area contributed by atoms with Gasteiger partial charge in [0.1, 0.15) is 11.0 Å². The number of aromatic amines is 2. The van der Waals surface area contributed by atoms with Gasteiger partial charge >= 0.3 is 0 Å². The molecule has 37 heavy (non-hydrogen) atoms. The largest absolute Gasteiger partial charge is 0.378 e. The van der Waals surface area contributed by atoms with Gasteiger partial charge in [-0.2, -0.15) is 29.9 Å². The summed E-state index contributed by atoms with van der Waals surface area (Å²) < 4.78 is 17.5. The summed E-state index contributed by atoms with van der Waals surface area (Å²) in [5, 5.41) is 0.545. The maximum atomic E-state index is 6.15. The molecule has 1 saturated heterocycles. The molecule has 0 saturated carbocycles. The monoisotopic (exact) mass is 590 g/mol. The highest BCUT2D eigenvalue weighted by Gasteiger charge is 2.20. The van der Waals surface area contributed by atoms with Crippen LogP contribution < -0.4 is 9.80 Å². The number of halogens is 4. The van der Waals surface area contributed by atoms with Crippen molar-refractivity contribution >= 4 is 80.4 Å². The summed E-state index contributed by atoms with van der Waals surface area (Å²) in [5.74, 6) is 1.14. The Morgan fingerprint density at radius 2 is 0.892 bits per heavy atom. The van der Waals surface area contributed by atoms with Gasteiger partial charge in [0.25, 0.3) is 0 Å². The van der Waals surface area contributed by atoms with Crippen LogP contribution in [-0.4, -0.2) is 106 Å². The van der Waals surface area contributed by atoms with Gasteiger partial charge < -0.3 is 34.0 Å². The first-order valence-electron chi connectivity index (χ1n) is 11.4. The number of imidazole rings is 2. The second-order valence-electron chi connectivity index (χ2n) is 7.90. The van der Waals surface area contributed by atoms with E-state index in [-0.39, 0.29) is 21.1 Å². The predicted octanol–water partition coefficient (Wildman–Crippen LogP) is 3.01. The molecule has 0 bridgehead atoms. The molecule has 4 aromatic rings. The van der Waals surface area contributed by atoms with E-state index in [1.165, 1.54) is 0 Å². The Morgan fingerprint density at radius 1 is 0.514 bits per heavy atom. The zero-order valence-electron chi connectivity index (χ0n) is 19.4. The predicted molar refractivity (Wildman–Crippen MR) is 140 cm³/mol. The molecular weight excluding hydrogens is 570 g/mol. The van der Waals surface area contributed by atoms with Gasteiger partial charge in [-0.05, 0) is 46.4 Å². The third kappa shape index (κ3) is 6.42. The molecule has 0 amide bonds. The van der Waals surface area contributed by atoms with Gasteiger partial charge in [-0.1, -0.05) is 0 Å². The van der Waals surface area contributed by atoms with E-state index in [1.807, 2.05) is 9.80 Å².